The van der Waals surface area contributed by atoms with Gasteiger partial charge in [-0.2, -0.15) is 0 Å². The number of carbonyl (C=O) groups is 1. The quantitative estimate of drug-likeness (QED) is 0.676. The molecule has 4 rings (SSSR count). The third kappa shape index (κ3) is 4.36. The molecule has 1 unspecified atom stereocenters. The Bertz CT molecular complexity index is 1100. The number of nitrogens with zero attached hydrogens (tertiary/aromatic N) is 1. The largest absolute Gasteiger partial charge is 0.497 e. The summed E-state index contributed by atoms with van der Waals surface area (Å²) in [5, 5.41) is 0.815. The lowest BCUT2D eigenvalue weighted by Crippen LogP contribution is -2.39. The maximum Gasteiger partial charge on any atom is 0.253 e. The van der Waals surface area contributed by atoms with E-state index in [-0.39, 0.29) is 30.4 Å². The van der Waals surface area contributed by atoms with Gasteiger partial charge < -0.3 is 19.4 Å². The summed E-state index contributed by atoms with van der Waals surface area (Å²) in [7, 11) is 1.58. The molecule has 6 nitrogen and oxygen atoms in total. The van der Waals surface area contributed by atoms with E-state index in [1.54, 1.807) is 42.3 Å². The molecule has 0 radical (unpaired) electrons. The average Bonchev–Trinajstić information content (AvgIpc) is 3.29. The Morgan fingerprint density at radius 1 is 1.20 bits per heavy atom. The molecule has 1 fully saturated rings. The van der Waals surface area contributed by atoms with Crippen LogP contribution in [0.2, 0.25) is 0 Å². The van der Waals surface area contributed by atoms with Crippen molar-refractivity contribution in [3.8, 4) is 5.75 Å². The highest BCUT2D eigenvalue weighted by atomic mass is 19.1. The lowest BCUT2D eigenvalue weighted by atomic mass is 10.1. The Morgan fingerprint density at radius 3 is 2.70 bits per heavy atom. The fourth-order valence-electron chi connectivity index (χ4n) is 3.68. The van der Waals surface area contributed by atoms with Crippen molar-refractivity contribution < 1.29 is 18.7 Å². The summed E-state index contributed by atoms with van der Waals surface area (Å²) in [5.41, 5.74) is 1.68. The number of fused-ring (bicyclic) bond motifs is 1. The van der Waals surface area contributed by atoms with Gasteiger partial charge in [0, 0.05) is 29.6 Å². The van der Waals surface area contributed by atoms with Gasteiger partial charge in [0.25, 0.3) is 11.5 Å². The Morgan fingerprint density at radius 2 is 2.00 bits per heavy atom. The maximum atomic E-state index is 13.3. The number of hydrogen-bond donors (Lipinski definition) is 1. The number of hydrogen-bond acceptors (Lipinski definition) is 4. The number of benzene rings is 2. The van der Waals surface area contributed by atoms with Crippen molar-refractivity contribution in [3.05, 3.63) is 75.8 Å². The Balaban J connectivity index is 1.66. The SMILES string of the molecule is COc1ccc2[nH]c(=O)c(CN(Cc3ccc(F)cc3)C(=O)C3CCCO3)cc2c1. The predicted octanol–water partition coefficient (Wildman–Crippen LogP) is 3.38. The minimum absolute atomic E-state index is 0.124. The minimum Gasteiger partial charge on any atom is -0.497 e. The molecule has 2 aromatic carbocycles. The number of H-pyrrole nitrogens is 1. The first-order valence-electron chi connectivity index (χ1n) is 9.88. The molecule has 0 saturated carbocycles. The monoisotopic (exact) mass is 410 g/mol. The van der Waals surface area contributed by atoms with Crippen LogP contribution in [0.25, 0.3) is 10.9 Å². The number of aromatic nitrogens is 1. The molecular formula is C23H23FN2O4. The third-order valence-electron chi connectivity index (χ3n) is 5.29. The summed E-state index contributed by atoms with van der Waals surface area (Å²) in [6.07, 6.45) is 0.978. The molecule has 2 heterocycles. The van der Waals surface area contributed by atoms with E-state index in [2.05, 4.69) is 4.98 Å². The summed E-state index contributed by atoms with van der Waals surface area (Å²) in [6, 6.07) is 13.2. The van der Waals surface area contributed by atoms with Crippen LogP contribution in [-0.4, -0.2) is 35.6 Å². The molecular weight excluding hydrogens is 387 g/mol. The Kier molecular flexibility index (Phi) is 5.81. The lowest BCUT2D eigenvalue weighted by Gasteiger charge is -2.25. The summed E-state index contributed by atoms with van der Waals surface area (Å²) < 4.78 is 24.1. The summed E-state index contributed by atoms with van der Waals surface area (Å²) in [6.45, 7) is 0.935. The van der Waals surface area contributed by atoms with Crippen LogP contribution < -0.4 is 10.3 Å². The first-order valence-corrected chi connectivity index (χ1v) is 9.88. The van der Waals surface area contributed by atoms with Crippen LogP contribution in [0.5, 0.6) is 5.75 Å². The van der Waals surface area contributed by atoms with Gasteiger partial charge >= 0.3 is 0 Å². The van der Waals surface area contributed by atoms with Gasteiger partial charge in [-0.3, -0.25) is 9.59 Å². The standard InChI is InChI=1S/C23H23FN2O4/c1-29-19-8-9-20-16(12-19)11-17(22(27)25-20)14-26(23(28)21-3-2-10-30-21)13-15-4-6-18(24)7-5-15/h4-9,11-12,21H,2-3,10,13-14H2,1H3,(H,25,27). The van der Waals surface area contributed by atoms with Crippen molar-refractivity contribution in [2.75, 3.05) is 13.7 Å². The topological polar surface area (TPSA) is 71.6 Å². The van der Waals surface area contributed by atoms with Crippen LogP contribution in [0, 0.1) is 5.82 Å². The lowest BCUT2D eigenvalue weighted by molar-refractivity contribution is -0.142. The van der Waals surface area contributed by atoms with Gasteiger partial charge in [-0.05, 0) is 54.8 Å². The highest BCUT2D eigenvalue weighted by Crippen LogP contribution is 2.21. The zero-order valence-electron chi connectivity index (χ0n) is 16.7. The second kappa shape index (κ2) is 8.67. The zero-order chi connectivity index (χ0) is 21.1. The molecule has 1 N–H and O–H groups in total. The zero-order valence-corrected chi connectivity index (χ0v) is 16.7. The molecule has 0 spiro atoms. The molecule has 0 aliphatic carbocycles. The number of carbonyl (C=O) groups excluding carboxylic acids is 1. The van der Waals surface area contributed by atoms with E-state index in [1.807, 2.05) is 6.07 Å². The smallest absolute Gasteiger partial charge is 0.253 e. The van der Waals surface area contributed by atoms with E-state index < -0.39 is 6.10 Å². The molecule has 7 heteroatoms. The number of halogens is 1. The minimum atomic E-state index is -0.509. The number of nitrogens with one attached hydrogen (secondary N) is 1. The number of ether oxygens (including phenoxy) is 2. The second-order valence-electron chi connectivity index (χ2n) is 7.40. The molecule has 1 amide bonds. The number of aromatic amines is 1. The average molecular weight is 410 g/mol. The fourth-order valence-corrected chi connectivity index (χ4v) is 3.68. The Hall–Kier alpha value is -3.19. The number of rotatable bonds is 6. The van der Waals surface area contributed by atoms with E-state index in [9.17, 15) is 14.0 Å². The fraction of sp³-hybridized carbons (Fsp3) is 0.304. The van der Waals surface area contributed by atoms with Crippen molar-refractivity contribution >= 4 is 16.8 Å². The van der Waals surface area contributed by atoms with Crippen LogP contribution in [0.15, 0.2) is 53.3 Å². The van der Waals surface area contributed by atoms with E-state index in [0.717, 1.165) is 17.4 Å². The van der Waals surface area contributed by atoms with Gasteiger partial charge in [0.2, 0.25) is 0 Å². The van der Waals surface area contributed by atoms with Crippen LogP contribution >= 0.6 is 0 Å². The van der Waals surface area contributed by atoms with Crippen molar-refractivity contribution in [1.29, 1.82) is 0 Å². The van der Waals surface area contributed by atoms with Gasteiger partial charge in [-0.1, -0.05) is 12.1 Å². The van der Waals surface area contributed by atoms with Gasteiger partial charge in [-0.25, -0.2) is 4.39 Å². The summed E-state index contributed by atoms with van der Waals surface area (Å²) >= 11 is 0. The molecule has 30 heavy (non-hydrogen) atoms. The number of pyridine rings is 1. The molecule has 0 bridgehead atoms. The third-order valence-corrected chi connectivity index (χ3v) is 5.29. The van der Waals surface area contributed by atoms with Crippen molar-refractivity contribution in [2.24, 2.45) is 0 Å². The molecule has 1 saturated heterocycles. The van der Waals surface area contributed by atoms with E-state index >= 15 is 0 Å². The predicted molar refractivity (Wildman–Crippen MR) is 111 cm³/mol. The van der Waals surface area contributed by atoms with Crippen LogP contribution in [0.1, 0.15) is 24.0 Å². The second-order valence-corrected chi connectivity index (χ2v) is 7.40. The van der Waals surface area contributed by atoms with Crippen LogP contribution in [0.4, 0.5) is 4.39 Å². The first-order chi connectivity index (χ1) is 14.5. The van der Waals surface area contributed by atoms with Crippen LogP contribution in [-0.2, 0) is 22.6 Å². The molecule has 3 aromatic rings. The first kappa shape index (κ1) is 20.1. The van der Waals surface area contributed by atoms with Gasteiger partial charge in [-0.15, -0.1) is 0 Å². The van der Waals surface area contributed by atoms with Gasteiger partial charge in [0.15, 0.2) is 0 Å². The van der Waals surface area contributed by atoms with Crippen LogP contribution in [0.3, 0.4) is 0 Å². The number of amides is 1. The molecule has 1 atom stereocenters. The molecule has 156 valence electrons. The highest BCUT2D eigenvalue weighted by Gasteiger charge is 2.29. The highest BCUT2D eigenvalue weighted by molar-refractivity contribution is 5.82. The van der Waals surface area contributed by atoms with Crippen molar-refractivity contribution in [1.82, 2.24) is 9.88 Å². The molecule has 1 aromatic heterocycles. The van der Waals surface area contributed by atoms with Gasteiger partial charge in [0.1, 0.15) is 17.7 Å². The Labute approximate surface area is 173 Å². The normalized spacial score (nSPS) is 16.0. The maximum absolute atomic E-state index is 13.3. The van der Waals surface area contributed by atoms with Crippen molar-refractivity contribution in [3.63, 3.8) is 0 Å². The van der Waals surface area contributed by atoms with E-state index in [0.29, 0.717) is 29.9 Å². The van der Waals surface area contributed by atoms with Gasteiger partial charge in [0.05, 0.1) is 13.7 Å². The summed E-state index contributed by atoms with van der Waals surface area (Å²) in [4.78, 5) is 30.2. The summed E-state index contributed by atoms with van der Waals surface area (Å²) in [5.74, 6) is 0.178. The van der Waals surface area contributed by atoms with Crippen molar-refractivity contribution in [2.45, 2.75) is 32.0 Å². The molecule has 1 aliphatic rings. The van der Waals surface area contributed by atoms with E-state index in [4.69, 9.17) is 9.47 Å². The van der Waals surface area contributed by atoms with E-state index in [1.165, 1.54) is 12.1 Å². The molecule has 1 aliphatic heterocycles. The number of methoxy groups -OCH3 is 1.